The molecule has 0 radical (unpaired) electrons. The summed E-state index contributed by atoms with van der Waals surface area (Å²) in [4.78, 5) is 0. The Morgan fingerprint density at radius 2 is 1.86 bits per heavy atom. The van der Waals surface area contributed by atoms with Crippen molar-refractivity contribution in [3.63, 3.8) is 0 Å². The molecule has 1 aromatic rings. The van der Waals surface area contributed by atoms with Crippen LogP contribution in [0.3, 0.4) is 0 Å². The van der Waals surface area contributed by atoms with Gasteiger partial charge < -0.3 is 9.47 Å². The van der Waals surface area contributed by atoms with Gasteiger partial charge in [0.15, 0.2) is 5.79 Å². The van der Waals surface area contributed by atoms with Crippen molar-refractivity contribution in [3.8, 4) is 0 Å². The zero-order chi connectivity index (χ0) is 20.7. The zero-order valence-corrected chi connectivity index (χ0v) is 18.0. The molecule has 7 heteroatoms. The van der Waals surface area contributed by atoms with Crippen molar-refractivity contribution < 1.29 is 22.3 Å². The van der Waals surface area contributed by atoms with E-state index in [0.717, 1.165) is 19.3 Å². The number of aryl methyl sites for hydroxylation is 1. The lowest BCUT2D eigenvalue weighted by Crippen LogP contribution is -2.37. The molecule has 0 amide bonds. The van der Waals surface area contributed by atoms with Crippen molar-refractivity contribution >= 4 is 15.7 Å². The number of anilines is 1. The van der Waals surface area contributed by atoms with Crippen LogP contribution < -0.4 is 4.72 Å². The normalized spacial score (nSPS) is 21.0. The second-order valence-electron chi connectivity index (χ2n) is 7.91. The Morgan fingerprint density at radius 3 is 2.55 bits per heavy atom. The third kappa shape index (κ3) is 6.03. The SMILES string of the molecule is CCCCCCCCc1cc(F)ccc1NS(=O)(=O)C1C=CC2(CC1)OCCO2. The summed E-state index contributed by atoms with van der Waals surface area (Å²) >= 11 is 0. The van der Waals surface area contributed by atoms with Crippen molar-refractivity contribution in [2.24, 2.45) is 0 Å². The first kappa shape index (κ1) is 22.2. The molecule has 0 saturated carbocycles. The predicted octanol–water partition coefficient (Wildman–Crippen LogP) is 4.93. The summed E-state index contributed by atoms with van der Waals surface area (Å²) in [6.07, 6.45) is 11.7. The molecular formula is C22H32FNO4S. The fraction of sp³-hybridized carbons (Fsp3) is 0.636. The number of benzene rings is 1. The highest BCUT2D eigenvalue weighted by Crippen LogP contribution is 2.33. The molecule has 1 aromatic carbocycles. The van der Waals surface area contributed by atoms with Gasteiger partial charge in [0.25, 0.3) is 0 Å². The first-order valence-corrected chi connectivity index (χ1v) is 12.3. The molecule has 1 saturated heterocycles. The average molecular weight is 426 g/mol. The minimum atomic E-state index is -3.63. The van der Waals surface area contributed by atoms with Gasteiger partial charge in [-0.25, -0.2) is 12.8 Å². The fourth-order valence-electron chi connectivity index (χ4n) is 3.94. The maximum atomic E-state index is 13.8. The summed E-state index contributed by atoms with van der Waals surface area (Å²) in [6, 6.07) is 4.26. The Kier molecular flexibility index (Phi) is 7.71. The lowest BCUT2D eigenvalue weighted by Gasteiger charge is -2.30. The van der Waals surface area contributed by atoms with Crippen LogP contribution in [0, 0.1) is 5.82 Å². The number of hydrogen-bond donors (Lipinski definition) is 1. The van der Waals surface area contributed by atoms with Gasteiger partial charge >= 0.3 is 0 Å². The Balaban J connectivity index is 1.62. The topological polar surface area (TPSA) is 64.6 Å². The van der Waals surface area contributed by atoms with Crippen molar-refractivity contribution in [1.29, 1.82) is 0 Å². The van der Waals surface area contributed by atoms with E-state index in [1.807, 2.05) is 0 Å². The Bertz CT molecular complexity index is 803. The monoisotopic (exact) mass is 425 g/mol. The van der Waals surface area contributed by atoms with Gasteiger partial charge in [-0.05, 0) is 49.1 Å². The fourth-order valence-corrected chi connectivity index (χ4v) is 5.31. The molecule has 0 aromatic heterocycles. The second-order valence-corrected chi connectivity index (χ2v) is 9.81. The van der Waals surface area contributed by atoms with E-state index in [2.05, 4.69) is 11.6 Å². The minimum absolute atomic E-state index is 0.344. The van der Waals surface area contributed by atoms with Gasteiger partial charge in [-0.15, -0.1) is 0 Å². The maximum absolute atomic E-state index is 13.8. The Hall–Kier alpha value is -1.44. The number of unbranched alkanes of at least 4 members (excludes halogenated alkanes) is 5. The molecule has 2 aliphatic rings. The summed E-state index contributed by atoms with van der Waals surface area (Å²) in [5.74, 6) is -1.10. The van der Waals surface area contributed by atoms with Gasteiger partial charge in [0.1, 0.15) is 5.82 Å². The number of sulfonamides is 1. The van der Waals surface area contributed by atoms with Gasteiger partial charge in [0.2, 0.25) is 10.0 Å². The van der Waals surface area contributed by atoms with Gasteiger partial charge in [0.05, 0.1) is 24.2 Å². The van der Waals surface area contributed by atoms with E-state index in [0.29, 0.717) is 43.7 Å². The molecule has 1 heterocycles. The smallest absolute Gasteiger partial charge is 0.239 e. The Morgan fingerprint density at radius 1 is 1.14 bits per heavy atom. The van der Waals surface area contributed by atoms with Crippen LogP contribution >= 0.6 is 0 Å². The van der Waals surface area contributed by atoms with E-state index < -0.39 is 21.1 Å². The van der Waals surface area contributed by atoms with Crippen LogP contribution in [-0.4, -0.2) is 32.7 Å². The second kappa shape index (κ2) is 10.0. The maximum Gasteiger partial charge on any atom is 0.239 e. The predicted molar refractivity (Wildman–Crippen MR) is 113 cm³/mol. The van der Waals surface area contributed by atoms with Crippen LogP contribution in [0.5, 0.6) is 0 Å². The lowest BCUT2D eigenvalue weighted by atomic mass is 10.0. The van der Waals surface area contributed by atoms with Crippen molar-refractivity contribution in [2.75, 3.05) is 17.9 Å². The number of rotatable bonds is 10. The third-order valence-electron chi connectivity index (χ3n) is 5.64. The van der Waals surface area contributed by atoms with Gasteiger partial charge in [0, 0.05) is 6.42 Å². The molecule has 5 nitrogen and oxygen atoms in total. The average Bonchev–Trinajstić information content (AvgIpc) is 3.14. The zero-order valence-electron chi connectivity index (χ0n) is 17.2. The number of nitrogens with one attached hydrogen (secondary N) is 1. The third-order valence-corrected chi connectivity index (χ3v) is 7.33. The van der Waals surface area contributed by atoms with Crippen LogP contribution in [0.25, 0.3) is 0 Å². The van der Waals surface area contributed by atoms with E-state index in [-0.39, 0.29) is 5.82 Å². The molecule has 1 aliphatic heterocycles. The molecule has 1 fully saturated rings. The summed E-state index contributed by atoms with van der Waals surface area (Å²) in [5.41, 5.74) is 1.18. The van der Waals surface area contributed by atoms with Crippen LogP contribution in [0.1, 0.15) is 63.9 Å². The molecule has 162 valence electrons. The van der Waals surface area contributed by atoms with E-state index in [1.54, 1.807) is 12.2 Å². The standard InChI is InChI=1S/C22H32FNO4S/c1-2-3-4-5-6-7-8-18-17-19(23)9-10-21(18)24-29(25,26)20-11-13-22(14-12-20)27-15-16-28-22/h9-11,13,17,20,24H,2-8,12,14-16H2,1H3. The van der Waals surface area contributed by atoms with E-state index in [9.17, 15) is 12.8 Å². The molecule has 1 aliphatic carbocycles. The van der Waals surface area contributed by atoms with E-state index >= 15 is 0 Å². The highest BCUT2D eigenvalue weighted by Gasteiger charge is 2.39. The Labute approximate surface area is 173 Å². The summed E-state index contributed by atoms with van der Waals surface area (Å²) in [6.45, 7) is 3.23. The summed E-state index contributed by atoms with van der Waals surface area (Å²) in [7, 11) is -3.63. The number of hydrogen-bond acceptors (Lipinski definition) is 4. The minimum Gasteiger partial charge on any atom is -0.344 e. The first-order valence-electron chi connectivity index (χ1n) is 10.7. The molecule has 3 rings (SSSR count). The van der Waals surface area contributed by atoms with Crippen LogP contribution in [0.4, 0.5) is 10.1 Å². The largest absolute Gasteiger partial charge is 0.344 e. The molecule has 0 bridgehead atoms. The summed E-state index contributed by atoms with van der Waals surface area (Å²) < 4.78 is 53.5. The van der Waals surface area contributed by atoms with E-state index in [4.69, 9.17) is 9.47 Å². The molecule has 1 spiro atoms. The molecule has 1 atom stereocenters. The molecular weight excluding hydrogens is 393 g/mol. The number of halogens is 1. The highest BCUT2D eigenvalue weighted by molar-refractivity contribution is 7.93. The van der Waals surface area contributed by atoms with E-state index in [1.165, 1.54) is 37.5 Å². The van der Waals surface area contributed by atoms with Crippen molar-refractivity contribution in [3.05, 3.63) is 41.7 Å². The van der Waals surface area contributed by atoms with Gasteiger partial charge in [-0.3, -0.25) is 4.72 Å². The number of ether oxygens (including phenoxy) is 2. The van der Waals surface area contributed by atoms with Crippen LogP contribution in [-0.2, 0) is 25.9 Å². The lowest BCUT2D eigenvalue weighted by molar-refractivity contribution is -0.124. The molecule has 29 heavy (non-hydrogen) atoms. The van der Waals surface area contributed by atoms with Gasteiger partial charge in [-0.2, -0.15) is 0 Å². The first-order chi connectivity index (χ1) is 13.9. The van der Waals surface area contributed by atoms with Crippen molar-refractivity contribution in [1.82, 2.24) is 0 Å². The summed E-state index contributed by atoms with van der Waals surface area (Å²) in [5, 5.41) is -0.659. The highest BCUT2D eigenvalue weighted by atomic mass is 32.2. The van der Waals surface area contributed by atoms with Crippen molar-refractivity contribution in [2.45, 2.75) is 75.7 Å². The molecule has 1 N–H and O–H groups in total. The van der Waals surface area contributed by atoms with Crippen LogP contribution in [0.2, 0.25) is 0 Å². The quantitative estimate of drug-likeness (QED) is 0.426. The molecule has 1 unspecified atom stereocenters. The van der Waals surface area contributed by atoms with Crippen LogP contribution in [0.15, 0.2) is 30.4 Å². The van der Waals surface area contributed by atoms with Gasteiger partial charge in [-0.1, -0.05) is 45.1 Å².